The lowest BCUT2D eigenvalue weighted by atomic mass is 10.1. The Hall–Kier alpha value is -2.84. The Morgan fingerprint density at radius 1 is 1.07 bits per heavy atom. The van der Waals surface area contributed by atoms with Crippen LogP contribution in [-0.4, -0.2) is 54.0 Å². The predicted molar refractivity (Wildman–Crippen MR) is 108 cm³/mol. The summed E-state index contributed by atoms with van der Waals surface area (Å²) in [6.45, 7) is 6.84. The number of anilines is 2. The molecule has 0 unspecified atom stereocenters. The number of benzene rings is 1. The molecular formula is C19H20ClN5O3. The highest BCUT2D eigenvalue weighted by molar-refractivity contribution is 6.33. The molecule has 4 rings (SSSR count). The minimum Gasteiger partial charge on any atom is -0.384 e. The van der Waals surface area contributed by atoms with Crippen LogP contribution in [0.25, 0.3) is 5.69 Å². The Morgan fingerprint density at radius 3 is 2.43 bits per heavy atom. The molecule has 2 amide bonds. The second-order valence-electron chi connectivity index (χ2n) is 6.83. The lowest BCUT2D eigenvalue weighted by Gasteiger charge is -2.36. The van der Waals surface area contributed by atoms with Gasteiger partial charge in [0.15, 0.2) is 0 Å². The number of nitrogens with zero attached hydrogens (tertiary/aromatic N) is 3. The Bertz CT molecular complexity index is 1040. The summed E-state index contributed by atoms with van der Waals surface area (Å²) in [4.78, 5) is 40.9. The van der Waals surface area contributed by atoms with Crippen LogP contribution < -0.4 is 21.5 Å². The molecule has 2 aromatic rings. The van der Waals surface area contributed by atoms with E-state index >= 15 is 0 Å². The molecule has 2 aliphatic rings. The van der Waals surface area contributed by atoms with Gasteiger partial charge >= 0.3 is 0 Å². The van der Waals surface area contributed by atoms with Crippen LogP contribution in [0.4, 0.5) is 11.5 Å². The van der Waals surface area contributed by atoms with Crippen LogP contribution in [0.2, 0.25) is 5.02 Å². The largest absolute Gasteiger partial charge is 0.384 e. The highest BCUT2D eigenvalue weighted by Crippen LogP contribution is 2.30. The van der Waals surface area contributed by atoms with Crippen molar-refractivity contribution in [1.29, 1.82) is 0 Å². The zero-order valence-corrected chi connectivity index (χ0v) is 16.1. The molecular weight excluding hydrogens is 382 g/mol. The minimum absolute atomic E-state index is 0.000243. The first-order chi connectivity index (χ1) is 13.4. The quantitative estimate of drug-likeness (QED) is 0.747. The highest BCUT2D eigenvalue weighted by atomic mass is 35.5. The third kappa shape index (κ3) is 2.94. The van der Waals surface area contributed by atoms with E-state index < -0.39 is 17.4 Å². The molecule has 0 aliphatic carbocycles. The van der Waals surface area contributed by atoms with Crippen molar-refractivity contribution < 1.29 is 9.59 Å². The Balaban J connectivity index is 1.71. The van der Waals surface area contributed by atoms with Crippen LogP contribution >= 0.6 is 11.6 Å². The molecule has 0 saturated carbocycles. The van der Waals surface area contributed by atoms with Gasteiger partial charge in [-0.05, 0) is 24.7 Å². The first kappa shape index (κ1) is 18.5. The zero-order chi connectivity index (χ0) is 20.0. The van der Waals surface area contributed by atoms with Crippen molar-refractivity contribution in [2.75, 3.05) is 43.4 Å². The predicted octanol–water partition coefficient (Wildman–Crippen LogP) is 1.10. The van der Waals surface area contributed by atoms with Crippen molar-refractivity contribution in [3.63, 3.8) is 0 Å². The summed E-state index contributed by atoms with van der Waals surface area (Å²) in [6, 6.07) is 6.37. The maximum absolute atomic E-state index is 12.6. The maximum Gasteiger partial charge on any atom is 0.262 e. The number of rotatable bonds is 3. The number of nitrogen functional groups attached to an aromatic ring is 1. The van der Waals surface area contributed by atoms with Crippen molar-refractivity contribution in [2.45, 2.75) is 6.92 Å². The maximum atomic E-state index is 12.6. The van der Waals surface area contributed by atoms with Crippen molar-refractivity contribution in [2.24, 2.45) is 0 Å². The molecule has 1 saturated heterocycles. The molecule has 1 aromatic heterocycles. The van der Waals surface area contributed by atoms with E-state index in [1.54, 1.807) is 12.1 Å². The number of hydrogen-bond donors (Lipinski definition) is 2. The number of fused-ring (bicyclic) bond motifs is 1. The standard InChI is InChI=1S/C19H20ClN5O3/c1-2-23-5-7-24(8-6-23)14-4-3-11(9-13(14)20)25-15(26)10-12-16(17(25)21)19(28)22-18(12)27/h3-4,9-10H,2,5-8,21H2,1H3,(H,22,27,28). The summed E-state index contributed by atoms with van der Waals surface area (Å²) in [5, 5.41) is 2.65. The average molecular weight is 402 g/mol. The van der Waals surface area contributed by atoms with Crippen LogP contribution in [-0.2, 0) is 0 Å². The lowest BCUT2D eigenvalue weighted by Crippen LogP contribution is -2.46. The van der Waals surface area contributed by atoms with Crippen molar-refractivity contribution >= 4 is 34.9 Å². The average Bonchev–Trinajstić information content (AvgIpc) is 2.95. The highest BCUT2D eigenvalue weighted by Gasteiger charge is 2.32. The molecule has 1 fully saturated rings. The van der Waals surface area contributed by atoms with Gasteiger partial charge in [-0.15, -0.1) is 0 Å². The van der Waals surface area contributed by atoms with Crippen LogP contribution in [0.5, 0.6) is 0 Å². The fraction of sp³-hybridized carbons (Fsp3) is 0.316. The Morgan fingerprint density at radius 2 is 1.79 bits per heavy atom. The number of nitrogens with one attached hydrogen (secondary N) is 1. The fourth-order valence-corrected chi connectivity index (χ4v) is 4.04. The summed E-state index contributed by atoms with van der Waals surface area (Å²) in [5.41, 5.74) is 6.92. The van der Waals surface area contributed by atoms with E-state index in [9.17, 15) is 14.4 Å². The number of pyridine rings is 1. The number of hydrogen-bond acceptors (Lipinski definition) is 6. The summed E-state index contributed by atoms with van der Waals surface area (Å²) < 4.78 is 1.20. The van der Waals surface area contributed by atoms with Gasteiger partial charge in [-0.25, -0.2) is 0 Å². The number of likely N-dealkylation sites (N-methyl/N-ethyl adjacent to an activating group) is 1. The van der Waals surface area contributed by atoms with Crippen LogP contribution in [0.15, 0.2) is 29.1 Å². The van der Waals surface area contributed by atoms with Crippen LogP contribution in [0, 0.1) is 0 Å². The van der Waals surface area contributed by atoms with E-state index in [1.807, 2.05) is 6.07 Å². The fourth-order valence-electron chi connectivity index (χ4n) is 3.74. The molecule has 28 heavy (non-hydrogen) atoms. The number of carbonyl (C=O) groups is 2. The summed E-state index contributed by atoms with van der Waals surface area (Å²) in [7, 11) is 0. The van der Waals surface area contributed by atoms with E-state index in [1.165, 1.54) is 4.57 Å². The van der Waals surface area contributed by atoms with E-state index in [4.69, 9.17) is 17.3 Å². The van der Waals surface area contributed by atoms with Crippen LogP contribution in [0.3, 0.4) is 0 Å². The van der Waals surface area contributed by atoms with Crippen molar-refractivity contribution in [3.8, 4) is 5.69 Å². The molecule has 0 radical (unpaired) electrons. The van der Waals surface area contributed by atoms with Crippen molar-refractivity contribution in [3.05, 3.63) is 50.8 Å². The molecule has 2 aliphatic heterocycles. The first-order valence-corrected chi connectivity index (χ1v) is 9.47. The molecule has 0 spiro atoms. The third-order valence-electron chi connectivity index (χ3n) is 5.30. The van der Waals surface area contributed by atoms with E-state index in [-0.39, 0.29) is 16.9 Å². The number of carbonyl (C=O) groups excluding carboxylic acids is 2. The lowest BCUT2D eigenvalue weighted by molar-refractivity contribution is 0.0880. The molecule has 1 aromatic carbocycles. The van der Waals surface area contributed by atoms with E-state index in [2.05, 4.69) is 22.0 Å². The second-order valence-corrected chi connectivity index (χ2v) is 7.24. The van der Waals surface area contributed by atoms with Gasteiger partial charge in [-0.1, -0.05) is 18.5 Å². The van der Waals surface area contributed by atoms with Gasteiger partial charge in [0.05, 0.1) is 27.5 Å². The number of imide groups is 1. The van der Waals surface area contributed by atoms with Crippen molar-refractivity contribution in [1.82, 2.24) is 14.8 Å². The SMILES string of the molecule is CCN1CCN(c2ccc(-n3c(N)c4c(cc3=O)C(=O)NC4=O)cc2Cl)CC1. The van der Waals surface area contributed by atoms with Gasteiger partial charge < -0.3 is 15.5 Å². The number of halogens is 1. The number of amides is 2. The third-order valence-corrected chi connectivity index (χ3v) is 5.61. The Labute approximate surface area is 166 Å². The number of piperazine rings is 1. The van der Waals surface area contributed by atoms with Gasteiger partial charge in [0.25, 0.3) is 17.4 Å². The first-order valence-electron chi connectivity index (χ1n) is 9.09. The monoisotopic (exact) mass is 401 g/mol. The van der Waals surface area contributed by atoms with Gasteiger partial charge in [0.2, 0.25) is 0 Å². The molecule has 3 heterocycles. The second kappa shape index (κ2) is 6.96. The van der Waals surface area contributed by atoms with Gasteiger partial charge in [0, 0.05) is 32.2 Å². The van der Waals surface area contributed by atoms with Gasteiger partial charge in [0.1, 0.15) is 5.82 Å². The summed E-state index contributed by atoms with van der Waals surface area (Å²) in [5.74, 6) is -1.30. The molecule has 0 bridgehead atoms. The number of aromatic nitrogens is 1. The normalized spacial score (nSPS) is 17.0. The zero-order valence-electron chi connectivity index (χ0n) is 15.4. The molecule has 146 valence electrons. The summed E-state index contributed by atoms with van der Waals surface area (Å²) >= 11 is 6.51. The Kier molecular flexibility index (Phi) is 4.60. The molecule has 9 heteroatoms. The topological polar surface area (TPSA) is 101 Å². The summed E-state index contributed by atoms with van der Waals surface area (Å²) in [6.07, 6.45) is 0. The molecule has 3 N–H and O–H groups in total. The molecule has 8 nitrogen and oxygen atoms in total. The minimum atomic E-state index is -0.615. The van der Waals surface area contributed by atoms with Gasteiger partial charge in [-0.3, -0.25) is 24.3 Å². The molecule has 0 atom stereocenters. The number of nitrogens with two attached hydrogens (primary N) is 1. The van der Waals surface area contributed by atoms with E-state index in [0.717, 1.165) is 44.5 Å². The van der Waals surface area contributed by atoms with Crippen LogP contribution in [0.1, 0.15) is 27.6 Å². The van der Waals surface area contributed by atoms with E-state index in [0.29, 0.717) is 10.7 Å². The van der Waals surface area contributed by atoms with Gasteiger partial charge in [-0.2, -0.15) is 0 Å². The smallest absolute Gasteiger partial charge is 0.262 e.